The van der Waals surface area contributed by atoms with E-state index in [1.54, 1.807) is 13.8 Å². The van der Waals surface area contributed by atoms with Crippen molar-refractivity contribution in [3.63, 3.8) is 0 Å². The van der Waals surface area contributed by atoms with Crippen LogP contribution in [-0.2, 0) is 14.4 Å². The number of rotatable bonds is 11. The number of carbonyl (C=O) groups excluding carboxylic acids is 3. The van der Waals surface area contributed by atoms with Crippen molar-refractivity contribution in [2.45, 2.75) is 65.7 Å². The Bertz CT molecular complexity index is 300. The third-order valence-corrected chi connectivity index (χ3v) is 3.39. The zero-order valence-electron chi connectivity index (χ0n) is 12.5. The van der Waals surface area contributed by atoms with Crippen LogP contribution < -0.4 is 5.32 Å². The van der Waals surface area contributed by atoms with Crippen molar-refractivity contribution in [1.82, 2.24) is 5.32 Å². The van der Waals surface area contributed by atoms with Gasteiger partial charge in [-0.1, -0.05) is 20.3 Å². The van der Waals surface area contributed by atoms with Gasteiger partial charge in [-0.3, -0.25) is 14.4 Å². The van der Waals surface area contributed by atoms with Gasteiger partial charge in [-0.05, 0) is 26.2 Å². The first kappa shape index (κ1) is 17.8. The lowest BCUT2D eigenvalue weighted by molar-refractivity contribution is -0.125. The summed E-state index contributed by atoms with van der Waals surface area (Å²) in [7, 11) is 0. The standard InChI is InChI=1S/C15H27NO3/c1-4-13(12(3)17)8-6-7-11-16-15(19)10-9-14(18)5-2/h13H,4-11H2,1-3H3,(H,16,19). The predicted molar refractivity (Wildman–Crippen MR) is 75.9 cm³/mol. The predicted octanol–water partition coefficient (Wildman–Crippen LogP) is 2.65. The van der Waals surface area contributed by atoms with Crippen molar-refractivity contribution in [2.24, 2.45) is 5.92 Å². The quantitative estimate of drug-likeness (QED) is 0.586. The van der Waals surface area contributed by atoms with Crippen LogP contribution in [0.1, 0.15) is 65.7 Å². The summed E-state index contributed by atoms with van der Waals surface area (Å²) >= 11 is 0. The second kappa shape index (κ2) is 10.7. The van der Waals surface area contributed by atoms with Crippen molar-refractivity contribution in [1.29, 1.82) is 0 Å². The van der Waals surface area contributed by atoms with Gasteiger partial charge >= 0.3 is 0 Å². The minimum Gasteiger partial charge on any atom is -0.356 e. The van der Waals surface area contributed by atoms with Crippen molar-refractivity contribution < 1.29 is 14.4 Å². The molecular weight excluding hydrogens is 242 g/mol. The van der Waals surface area contributed by atoms with E-state index < -0.39 is 0 Å². The van der Waals surface area contributed by atoms with E-state index in [1.165, 1.54) is 0 Å². The van der Waals surface area contributed by atoms with Crippen molar-refractivity contribution in [3.05, 3.63) is 0 Å². The lowest BCUT2D eigenvalue weighted by Gasteiger charge is -2.10. The van der Waals surface area contributed by atoms with Crippen molar-refractivity contribution >= 4 is 17.5 Å². The molecule has 0 aliphatic rings. The molecule has 0 fully saturated rings. The molecule has 0 rings (SSSR count). The third-order valence-electron chi connectivity index (χ3n) is 3.39. The fourth-order valence-electron chi connectivity index (χ4n) is 1.96. The molecule has 0 spiro atoms. The minimum atomic E-state index is -0.0552. The van der Waals surface area contributed by atoms with E-state index in [4.69, 9.17) is 0 Å². The minimum absolute atomic E-state index is 0.0552. The van der Waals surface area contributed by atoms with E-state index in [1.807, 2.05) is 6.92 Å². The van der Waals surface area contributed by atoms with Gasteiger partial charge in [0, 0.05) is 31.7 Å². The molecule has 4 heteroatoms. The Kier molecular flexibility index (Phi) is 10.0. The second-order valence-electron chi connectivity index (χ2n) is 4.95. The summed E-state index contributed by atoms with van der Waals surface area (Å²) < 4.78 is 0. The van der Waals surface area contributed by atoms with E-state index in [9.17, 15) is 14.4 Å². The van der Waals surface area contributed by atoms with E-state index in [0.717, 1.165) is 25.7 Å². The molecule has 0 aliphatic carbocycles. The normalized spacial score (nSPS) is 11.9. The first-order chi connectivity index (χ1) is 9.01. The van der Waals surface area contributed by atoms with E-state index in [2.05, 4.69) is 5.32 Å². The molecule has 0 aromatic heterocycles. The zero-order valence-corrected chi connectivity index (χ0v) is 12.5. The maximum absolute atomic E-state index is 11.4. The molecule has 0 bridgehead atoms. The average molecular weight is 269 g/mol. The maximum Gasteiger partial charge on any atom is 0.220 e. The van der Waals surface area contributed by atoms with Gasteiger partial charge in [-0.25, -0.2) is 0 Å². The smallest absolute Gasteiger partial charge is 0.220 e. The summed E-state index contributed by atoms with van der Waals surface area (Å²) in [6.07, 6.45) is 4.75. The molecule has 0 saturated heterocycles. The van der Waals surface area contributed by atoms with Crippen LogP contribution in [0.2, 0.25) is 0 Å². The van der Waals surface area contributed by atoms with Crippen LogP contribution in [0.25, 0.3) is 0 Å². The maximum atomic E-state index is 11.4. The SMILES string of the molecule is CCC(=O)CCC(=O)NCCCCC(CC)C(C)=O. The molecule has 0 radical (unpaired) electrons. The fraction of sp³-hybridized carbons (Fsp3) is 0.800. The molecule has 0 aromatic rings. The summed E-state index contributed by atoms with van der Waals surface area (Å²) in [4.78, 5) is 33.7. The van der Waals surface area contributed by atoms with Crippen LogP contribution in [0.5, 0.6) is 0 Å². The van der Waals surface area contributed by atoms with Crippen LogP contribution in [0.4, 0.5) is 0 Å². The Labute approximate surface area is 116 Å². The highest BCUT2D eigenvalue weighted by Crippen LogP contribution is 2.13. The van der Waals surface area contributed by atoms with Crippen LogP contribution in [0.15, 0.2) is 0 Å². The fourth-order valence-corrected chi connectivity index (χ4v) is 1.96. The topological polar surface area (TPSA) is 63.2 Å². The molecule has 1 amide bonds. The molecule has 0 aliphatic heterocycles. The van der Waals surface area contributed by atoms with Gasteiger partial charge < -0.3 is 5.32 Å². The highest BCUT2D eigenvalue weighted by Gasteiger charge is 2.10. The van der Waals surface area contributed by atoms with Crippen LogP contribution in [0.3, 0.4) is 0 Å². The summed E-state index contributed by atoms with van der Waals surface area (Å²) in [5.41, 5.74) is 0. The van der Waals surface area contributed by atoms with Gasteiger partial charge in [0.15, 0.2) is 0 Å². The molecule has 0 saturated carbocycles. The molecule has 19 heavy (non-hydrogen) atoms. The van der Waals surface area contributed by atoms with Gasteiger partial charge in [0.25, 0.3) is 0 Å². The Hall–Kier alpha value is -1.19. The summed E-state index contributed by atoms with van der Waals surface area (Å²) in [6.45, 7) is 6.10. The summed E-state index contributed by atoms with van der Waals surface area (Å²) in [5.74, 6) is 0.491. The summed E-state index contributed by atoms with van der Waals surface area (Å²) in [6, 6.07) is 0. The van der Waals surface area contributed by atoms with E-state index in [-0.39, 0.29) is 29.8 Å². The van der Waals surface area contributed by atoms with Gasteiger partial charge in [0.1, 0.15) is 11.6 Å². The third kappa shape index (κ3) is 9.40. The number of nitrogens with one attached hydrogen (secondary N) is 1. The van der Waals surface area contributed by atoms with Crippen LogP contribution in [-0.4, -0.2) is 24.0 Å². The van der Waals surface area contributed by atoms with Crippen molar-refractivity contribution in [2.75, 3.05) is 6.54 Å². The van der Waals surface area contributed by atoms with Gasteiger partial charge in [-0.2, -0.15) is 0 Å². The number of ketones is 2. The monoisotopic (exact) mass is 269 g/mol. The molecular formula is C15H27NO3. The molecule has 1 N–H and O–H groups in total. The molecule has 1 atom stereocenters. The number of carbonyl (C=O) groups is 3. The number of unbranched alkanes of at least 4 members (excludes halogenated alkanes) is 1. The van der Waals surface area contributed by atoms with Gasteiger partial charge in [-0.15, -0.1) is 0 Å². The van der Waals surface area contributed by atoms with Gasteiger partial charge in [0.2, 0.25) is 5.91 Å². The number of hydrogen-bond donors (Lipinski definition) is 1. The number of Topliss-reactive ketones (excluding diaryl/α,β-unsaturated/α-hetero) is 2. The number of amides is 1. The summed E-state index contributed by atoms with van der Waals surface area (Å²) in [5, 5.41) is 2.81. The van der Waals surface area contributed by atoms with E-state index in [0.29, 0.717) is 19.4 Å². The van der Waals surface area contributed by atoms with Crippen molar-refractivity contribution in [3.8, 4) is 0 Å². The van der Waals surface area contributed by atoms with E-state index >= 15 is 0 Å². The first-order valence-electron chi connectivity index (χ1n) is 7.30. The highest BCUT2D eigenvalue weighted by molar-refractivity contribution is 5.84. The lowest BCUT2D eigenvalue weighted by atomic mass is 9.95. The molecule has 0 heterocycles. The van der Waals surface area contributed by atoms with Crippen LogP contribution in [0, 0.1) is 5.92 Å². The molecule has 110 valence electrons. The molecule has 4 nitrogen and oxygen atoms in total. The van der Waals surface area contributed by atoms with Gasteiger partial charge in [0.05, 0.1) is 0 Å². The molecule has 1 unspecified atom stereocenters. The Morgan fingerprint density at radius 3 is 2.26 bits per heavy atom. The molecule has 0 aromatic carbocycles. The second-order valence-corrected chi connectivity index (χ2v) is 4.95. The Balaban J connectivity index is 3.56. The Morgan fingerprint density at radius 1 is 1.05 bits per heavy atom. The average Bonchev–Trinajstić information content (AvgIpc) is 2.39. The number of hydrogen-bond acceptors (Lipinski definition) is 3. The Morgan fingerprint density at radius 2 is 1.74 bits per heavy atom. The largest absolute Gasteiger partial charge is 0.356 e. The highest BCUT2D eigenvalue weighted by atomic mass is 16.2. The zero-order chi connectivity index (χ0) is 14.7. The first-order valence-corrected chi connectivity index (χ1v) is 7.30. The van der Waals surface area contributed by atoms with Crippen LogP contribution >= 0.6 is 0 Å². The lowest BCUT2D eigenvalue weighted by Crippen LogP contribution is -2.25.